The molecule has 0 heterocycles. The van der Waals surface area contributed by atoms with Crippen LogP contribution in [0.2, 0.25) is 0 Å². The Morgan fingerprint density at radius 3 is 1.63 bits per heavy atom. The lowest BCUT2D eigenvalue weighted by Gasteiger charge is -2.27. The lowest BCUT2D eigenvalue weighted by molar-refractivity contribution is -0.133. The van der Waals surface area contributed by atoms with Crippen LogP contribution in [0.25, 0.3) is 0 Å². The largest absolute Gasteiger partial charge is 0.341 e. The van der Waals surface area contributed by atoms with Crippen molar-refractivity contribution in [2.75, 3.05) is 13.1 Å². The van der Waals surface area contributed by atoms with Gasteiger partial charge in [-0.1, -0.05) is 41.5 Å². The fourth-order valence-corrected chi connectivity index (χ4v) is 2.00. The van der Waals surface area contributed by atoms with Crippen molar-refractivity contribution in [1.29, 1.82) is 0 Å². The molecule has 114 valence electrons. The van der Waals surface area contributed by atoms with Gasteiger partial charge < -0.3 is 10.6 Å². The molecule has 0 aromatic heterocycles. The minimum absolute atomic E-state index is 0.134. The van der Waals surface area contributed by atoms with Crippen LogP contribution in [0.15, 0.2) is 0 Å². The van der Waals surface area contributed by atoms with Crippen LogP contribution in [-0.4, -0.2) is 29.9 Å². The van der Waals surface area contributed by atoms with Gasteiger partial charge in [-0.25, -0.2) is 0 Å². The zero-order chi connectivity index (χ0) is 15.0. The maximum Gasteiger partial charge on any atom is 0.239 e. The van der Waals surface area contributed by atoms with E-state index in [1.165, 1.54) is 0 Å². The van der Waals surface area contributed by atoms with Gasteiger partial charge in [0.1, 0.15) is 0 Å². The Morgan fingerprint density at radius 2 is 1.32 bits per heavy atom. The number of nitrogens with zero attached hydrogens (tertiary/aromatic N) is 1. The highest BCUT2D eigenvalue weighted by molar-refractivity contribution is 5.81. The molecule has 0 aromatic carbocycles. The smallest absolute Gasteiger partial charge is 0.239 e. The lowest BCUT2D eigenvalue weighted by atomic mass is 10.0. The first-order valence-corrected chi connectivity index (χ1v) is 7.78. The van der Waals surface area contributed by atoms with Crippen LogP contribution in [0.3, 0.4) is 0 Å². The molecule has 1 unspecified atom stereocenters. The molecule has 0 fully saturated rings. The third-order valence-electron chi connectivity index (χ3n) is 3.31. The average Bonchev–Trinajstić information content (AvgIpc) is 2.26. The van der Waals surface area contributed by atoms with Crippen molar-refractivity contribution in [3.8, 4) is 0 Å². The van der Waals surface area contributed by atoms with Crippen LogP contribution in [0.1, 0.15) is 60.8 Å². The SMILES string of the molecule is CC(C)CCN(CCC(C)C)C(=O)C(N)CC(C)C. The van der Waals surface area contributed by atoms with E-state index >= 15 is 0 Å². The molecule has 0 bridgehead atoms. The Labute approximate surface area is 119 Å². The molecule has 0 aliphatic rings. The standard InChI is InChI=1S/C16H34N2O/c1-12(2)7-9-18(10-8-13(3)4)16(19)15(17)11-14(5)6/h12-15H,7-11,17H2,1-6H3. The minimum Gasteiger partial charge on any atom is -0.341 e. The van der Waals surface area contributed by atoms with Crippen molar-refractivity contribution in [2.45, 2.75) is 66.8 Å². The summed E-state index contributed by atoms with van der Waals surface area (Å²) in [5.41, 5.74) is 6.04. The molecule has 1 amide bonds. The molecule has 19 heavy (non-hydrogen) atoms. The topological polar surface area (TPSA) is 46.3 Å². The molecule has 0 radical (unpaired) electrons. The molecule has 0 aliphatic heterocycles. The van der Waals surface area contributed by atoms with E-state index < -0.39 is 0 Å². The molecule has 3 nitrogen and oxygen atoms in total. The van der Waals surface area contributed by atoms with E-state index in [0.717, 1.165) is 32.4 Å². The predicted octanol–water partition coefficient (Wildman–Crippen LogP) is 3.28. The summed E-state index contributed by atoms with van der Waals surface area (Å²) >= 11 is 0. The summed E-state index contributed by atoms with van der Waals surface area (Å²) in [7, 11) is 0. The second-order valence-corrected chi connectivity index (χ2v) is 6.93. The van der Waals surface area contributed by atoms with Crippen LogP contribution < -0.4 is 5.73 Å². The van der Waals surface area contributed by atoms with Gasteiger partial charge in [-0.2, -0.15) is 0 Å². The van der Waals surface area contributed by atoms with Crippen molar-refractivity contribution < 1.29 is 4.79 Å². The third kappa shape index (κ3) is 9.04. The summed E-state index contributed by atoms with van der Waals surface area (Å²) in [6.07, 6.45) is 2.88. The van der Waals surface area contributed by atoms with Gasteiger partial charge in [0.05, 0.1) is 6.04 Å². The number of amides is 1. The summed E-state index contributed by atoms with van der Waals surface area (Å²) in [5, 5.41) is 0. The first kappa shape index (κ1) is 18.4. The van der Waals surface area contributed by atoms with Crippen LogP contribution >= 0.6 is 0 Å². The van der Waals surface area contributed by atoms with Gasteiger partial charge in [-0.05, 0) is 37.0 Å². The average molecular weight is 270 g/mol. The fraction of sp³-hybridized carbons (Fsp3) is 0.938. The van der Waals surface area contributed by atoms with E-state index in [0.29, 0.717) is 17.8 Å². The van der Waals surface area contributed by atoms with Crippen LogP contribution in [0, 0.1) is 17.8 Å². The van der Waals surface area contributed by atoms with Crippen molar-refractivity contribution >= 4 is 5.91 Å². The molecule has 1 atom stereocenters. The second-order valence-electron chi connectivity index (χ2n) is 6.93. The molecule has 2 N–H and O–H groups in total. The van der Waals surface area contributed by atoms with Gasteiger partial charge in [-0.15, -0.1) is 0 Å². The van der Waals surface area contributed by atoms with Crippen LogP contribution in [0.4, 0.5) is 0 Å². The summed E-state index contributed by atoms with van der Waals surface area (Å²) in [6, 6.07) is -0.334. The molecule has 0 saturated heterocycles. The monoisotopic (exact) mass is 270 g/mol. The molecular weight excluding hydrogens is 236 g/mol. The maximum atomic E-state index is 12.4. The van der Waals surface area contributed by atoms with Crippen molar-refractivity contribution in [2.24, 2.45) is 23.5 Å². The third-order valence-corrected chi connectivity index (χ3v) is 3.31. The highest BCUT2D eigenvalue weighted by Crippen LogP contribution is 2.11. The normalized spacial score (nSPS) is 13.4. The Kier molecular flexibility index (Phi) is 9.07. The number of carbonyl (C=O) groups excluding carboxylic acids is 1. The van der Waals surface area contributed by atoms with E-state index in [1.54, 1.807) is 0 Å². The van der Waals surface area contributed by atoms with E-state index in [4.69, 9.17) is 5.73 Å². The molecule has 0 spiro atoms. The predicted molar refractivity (Wildman–Crippen MR) is 82.9 cm³/mol. The van der Waals surface area contributed by atoms with E-state index in [1.807, 2.05) is 4.90 Å². The van der Waals surface area contributed by atoms with Gasteiger partial charge >= 0.3 is 0 Å². The molecular formula is C16H34N2O. The van der Waals surface area contributed by atoms with Crippen molar-refractivity contribution in [3.63, 3.8) is 0 Å². The zero-order valence-corrected chi connectivity index (χ0v) is 13.8. The Bertz CT molecular complexity index is 237. The Hall–Kier alpha value is -0.570. The van der Waals surface area contributed by atoms with E-state index in [9.17, 15) is 4.79 Å². The van der Waals surface area contributed by atoms with Crippen molar-refractivity contribution in [1.82, 2.24) is 4.90 Å². The number of hydrogen-bond donors (Lipinski definition) is 1. The van der Waals surface area contributed by atoms with Gasteiger partial charge in [0.2, 0.25) is 5.91 Å². The summed E-state index contributed by atoms with van der Waals surface area (Å²) in [4.78, 5) is 14.4. The highest BCUT2D eigenvalue weighted by Gasteiger charge is 2.21. The summed E-state index contributed by atoms with van der Waals surface area (Å²) < 4.78 is 0. The molecule has 0 aromatic rings. The Morgan fingerprint density at radius 1 is 0.895 bits per heavy atom. The van der Waals surface area contributed by atoms with Gasteiger partial charge in [0, 0.05) is 13.1 Å². The minimum atomic E-state index is -0.334. The number of nitrogens with two attached hydrogens (primary N) is 1. The lowest BCUT2D eigenvalue weighted by Crippen LogP contribution is -2.45. The van der Waals surface area contributed by atoms with Gasteiger partial charge in [-0.3, -0.25) is 4.79 Å². The summed E-state index contributed by atoms with van der Waals surface area (Å²) in [6.45, 7) is 14.7. The molecule has 0 saturated carbocycles. The first-order valence-electron chi connectivity index (χ1n) is 7.78. The molecule has 0 aliphatic carbocycles. The number of hydrogen-bond acceptors (Lipinski definition) is 2. The molecule has 3 heteroatoms. The number of rotatable bonds is 9. The van der Waals surface area contributed by atoms with Crippen molar-refractivity contribution in [3.05, 3.63) is 0 Å². The van der Waals surface area contributed by atoms with Gasteiger partial charge in [0.15, 0.2) is 0 Å². The highest BCUT2D eigenvalue weighted by atomic mass is 16.2. The first-order chi connectivity index (χ1) is 8.73. The maximum absolute atomic E-state index is 12.4. The van der Waals surface area contributed by atoms with Crippen LogP contribution in [-0.2, 0) is 4.79 Å². The Balaban J connectivity index is 4.47. The van der Waals surface area contributed by atoms with Gasteiger partial charge in [0.25, 0.3) is 0 Å². The zero-order valence-electron chi connectivity index (χ0n) is 13.8. The second kappa shape index (κ2) is 9.35. The van der Waals surface area contributed by atoms with E-state index in [-0.39, 0.29) is 11.9 Å². The summed E-state index contributed by atoms with van der Waals surface area (Å²) in [5.74, 6) is 1.84. The quantitative estimate of drug-likeness (QED) is 0.699. The van der Waals surface area contributed by atoms with E-state index in [2.05, 4.69) is 41.5 Å². The number of carbonyl (C=O) groups is 1. The molecule has 0 rings (SSSR count). The van der Waals surface area contributed by atoms with Crippen LogP contribution in [0.5, 0.6) is 0 Å². The fourth-order valence-electron chi connectivity index (χ4n) is 2.00.